The van der Waals surface area contributed by atoms with E-state index >= 15 is 0 Å². The number of rotatable bonds is 5. The van der Waals surface area contributed by atoms with Crippen LogP contribution in [-0.2, 0) is 5.41 Å². The average molecular weight is 295 g/mol. The van der Waals surface area contributed by atoms with Crippen molar-refractivity contribution in [3.8, 4) is 11.5 Å². The molecular weight excluding hydrogens is 270 g/mol. The fraction of sp³-hybridized carbons (Fsp3) is 0.625. The van der Waals surface area contributed by atoms with Crippen molar-refractivity contribution in [3.05, 3.63) is 17.7 Å². The van der Waals surface area contributed by atoms with Crippen molar-refractivity contribution >= 4 is 11.8 Å². The van der Waals surface area contributed by atoms with Gasteiger partial charge in [0.1, 0.15) is 0 Å². The molecule has 20 heavy (non-hydrogen) atoms. The second-order valence-electron chi connectivity index (χ2n) is 5.45. The van der Waals surface area contributed by atoms with Gasteiger partial charge in [-0.1, -0.05) is 19.3 Å². The van der Waals surface area contributed by atoms with Crippen LogP contribution in [0, 0.1) is 0 Å². The maximum Gasteiger partial charge on any atom is 0.161 e. The predicted molar refractivity (Wildman–Crippen MR) is 85.1 cm³/mol. The van der Waals surface area contributed by atoms with Crippen LogP contribution in [0.1, 0.15) is 37.7 Å². The zero-order valence-corrected chi connectivity index (χ0v) is 13.5. The Hall–Kier alpha value is -0.870. The van der Waals surface area contributed by atoms with E-state index in [9.17, 15) is 0 Å². The van der Waals surface area contributed by atoms with Gasteiger partial charge in [-0.15, -0.1) is 11.8 Å². The Morgan fingerprint density at radius 1 is 1.10 bits per heavy atom. The van der Waals surface area contributed by atoms with Gasteiger partial charge in [0.2, 0.25) is 0 Å². The minimum atomic E-state index is 0.107. The standard InChI is InChI=1S/C16H25NO2S/c1-18-13-9-12(15(20-3)10-14(13)19-2)16(11-17)7-5-4-6-8-16/h9-10H,4-8,11,17H2,1-3H3. The van der Waals surface area contributed by atoms with Gasteiger partial charge in [0, 0.05) is 16.9 Å². The normalized spacial score (nSPS) is 17.8. The molecule has 4 heteroatoms. The Labute approximate surface area is 126 Å². The van der Waals surface area contributed by atoms with Gasteiger partial charge in [-0.3, -0.25) is 0 Å². The van der Waals surface area contributed by atoms with E-state index in [2.05, 4.69) is 18.4 Å². The average Bonchev–Trinajstić information content (AvgIpc) is 2.54. The number of hydrogen-bond acceptors (Lipinski definition) is 4. The lowest BCUT2D eigenvalue weighted by atomic mass is 9.69. The number of thioether (sulfide) groups is 1. The monoisotopic (exact) mass is 295 g/mol. The minimum absolute atomic E-state index is 0.107. The van der Waals surface area contributed by atoms with Crippen LogP contribution < -0.4 is 15.2 Å². The summed E-state index contributed by atoms with van der Waals surface area (Å²) in [6.45, 7) is 0.704. The van der Waals surface area contributed by atoms with Gasteiger partial charge in [0.25, 0.3) is 0 Å². The number of methoxy groups -OCH3 is 2. The maximum atomic E-state index is 6.17. The fourth-order valence-corrected chi connectivity index (χ4v) is 3.98. The highest BCUT2D eigenvalue weighted by Crippen LogP contribution is 2.46. The molecule has 1 fully saturated rings. The molecule has 0 heterocycles. The molecule has 1 aromatic carbocycles. The third-order valence-electron chi connectivity index (χ3n) is 4.48. The Balaban J connectivity index is 2.52. The smallest absolute Gasteiger partial charge is 0.161 e. The van der Waals surface area contributed by atoms with Crippen LogP contribution in [0.5, 0.6) is 11.5 Å². The summed E-state index contributed by atoms with van der Waals surface area (Å²) >= 11 is 1.76. The Bertz CT molecular complexity index is 456. The van der Waals surface area contributed by atoms with E-state index in [4.69, 9.17) is 15.2 Å². The Kier molecular flexibility index (Phi) is 5.22. The largest absolute Gasteiger partial charge is 0.493 e. The molecular formula is C16H25NO2S. The number of ether oxygens (including phenoxy) is 2. The molecule has 2 N–H and O–H groups in total. The topological polar surface area (TPSA) is 44.5 Å². The molecule has 0 aromatic heterocycles. The lowest BCUT2D eigenvalue weighted by molar-refractivity contribution is 0.293. The van der Waals surface area contributed by atoms with E-state index in [1.54, 1.807) is 26.0 Å². The highest BCUT2D eigenvalue weighted by atomic mass is 32.2. The quantitative estimate of drug-likeness (QED) is 0.843. The van der Waals surface area contributed by atoms with Crippen LogP contribution in [0.15, 0.2) is 17.0 Å². The molecule has 0 aliphatic heterocycles. The van der Waals surface area contributed by atoms with E-state index in [-0.39, 0.29) is 5.41 Å². The molecule has 0 radical (unpaired) electrons. The molecule has 0 atom stereocenters. The van der Waals surface area contributed by atoms with Gasteiger partial charge in [-0.05, 0) is 36.8 Å². The summed E-state index contributed by atoms with van der Waals surface area (Å²) in [4.78, 5) is 1.26. The molecule has 1 aliphatic carbocycles. The summed E-state index contributed by atoms with van der Waals surface area (Å²) in [6.07, 6.45) is 8.30. The lowest BCUT2D eigenvalue weighted by Crippen LogP contribution is -2.37. The SMILES string of the molecule is COc1cc(SC)c(C2(CN)CCCCC2)cc1OC. The van der Waals surface area contributed by atoms with Gasteiger partial charge in [0.05, 0.1) is 14.2 Å². The highest BCUT2D eigenvalue weighted by Gasteiger charge is 2.35. The molecule has 0 unspecified atom stereocenters. The molecule has 112 valence electrons. The Morgan fingerprint density at radius 2 is 1.70 bits per heavy atom. The van der Waals surface area contributed by atoms with Gasteiger partial charge < -0.3 is 15.2 Å². The van der Waals surface area contributed by atoms with Crippen molar-refractivity contribution in [3.63, 3.8) is 0 Å². The van der Waals surface area contributed by atoms with E-state index in [1.807, 2.05) is 0 Å². The van der Waals surface area contributed by atoms with Gasteiger partial charge in [-0.2, -0.15) is 0 Å². The lowest BCUT2D eigenvalue weighted by Gasteiger charge is -2.38. The molecule has 0 amide bonds. The summed E-state index contributed by atoms with van der Waals surface area (Å²) in [6, 6.07) is 4.23. The van der Waals surface area contributed by atoms with Crippen molar-refractivity contribution in [1.29, 1.82) is 0 Å². The van der Waals surface area contributed by atoms with Crippen molar-refractivity contribution in [2.45, 2.75) is 42.4 Å². The Morgan fingerprint density at radius 3 is 2.20 bits per heavy atom. The number of nitrogens with two attached hydrogens (primary N) is 1. The second kappa shape index (κ2) is 6.72. The van der Waals surface area contributed by atoms with Crippen LogP contribution in [0.2, 0.25) is 0 Å². The molecule has 2 rings (SSSR count). The van der Waals surface area contributed by atoms with E-state index < -0.39 is 0 Å². The first-order valence-electron chi connectivity index (χ1n) is 7.21. The van der Waals surface area contributed by atoms with Gasteiger partial charge in [-0.25, -0.2) is 0 Å². The number of hydrogen-bond donors (Lipinski definition) is 1. The first-order chi connectivity index (χ1) is 9.70. The predicted octanol–water partition coefficient (Wildman–Crippen LogP) is 3.59. The van der Waals surface area contributed by atoms with Gasteiger partial charge >= 0.3 is 0 Å². The van der Waals surface area contributed by atoms with Crippen molar-refractivity contribution in [2.24, 2.45) is 5.73 Å². The first-order valence-corrected chi connectivity index (χ1v) is 8.44. The zero-order chi connectivity index (χ0) is 14.6. The third-order valence-corrected chi connectivity index (χ3v) is 5.26. The maximum absolute atomic E-state index is 6.17. The molecule has 1 saturated carbocycles. The summed E-state index contributed by atoms with van der Waals surface area (Å²) in [5, 5.41) is 0. The van der Waals surface area contributed by atoms with Crippen molar-refractivity contribution in [2.75, 3.05) is 27.0 Å². The summed E-state index contributed by atoms with van der Waals surface area (Å²) < 4.78 is 10.9. The second-order valence-corrected chi connectivity index (χ2v) is 6.30. The van der Waals surface area contributed by atoms with E-state index in [0.717, 1.165) is 11.5 Å². The zero-order valence-electron chi connectivity index (χ0n) is 12.7. The van der Waals surface area contributed by atoms with Crippen LogP contribution in [-0.4, -0.2) is 27.0 Å². The summed E-state index contributed by atoms with van der Waals surface area (Å²) in [7, 11) is 3.37. The van der Waals surface area contributed by atoms with E-state index in [0.29, 0.717) is 6.54 Å². The van der Waals surface area contributed by atoms with E-state index in [1.165, 1.54) is 42.6 Å². The van der Waals surface area contributed by atoms with Crippen molar-refractivity contribution < 1.29 is 9.47 Å². The molecule has 0 bridgehead atoms. The molecule has 0 spiro atoms. The highest BCUT2D eigenvalue weighted by molar-refractivity contribution is 7.98. The summed E-state index contributed by atoms with van der Waals surface area (Å²) in [5.74, 6) is 1.60. The summed E-state index contributed by atoms with van der Waals surface area (Å²) in [5.41, 5.74) is 7.62. The van der Waals surface area contributed by atoms with Gasteiger partial charge in [0.15, 0.2) is 11.5 Å². The first kappa shape index (κ1) is 15.5. The van der Waals surface area contributed by atoms with Crippen LogP contribution in [0.25, 0.3) is 0 Å². The molecule has 1 aromatic rings. The van der Waals surface area contributed by atoms with Crippen molar-refractivity contribution in [1.82, 2.24) is 0 Å². The molecule has 0 saturated heterocycles. The third kappa shape index (κ3) is 2.77. The fourth-order valence-electron chi connectivity index (χ4n) is 3.26. The minimum Gasteiger partial charge on any atom is -0.493 e. The van der Waals surface area contributed by atoms with Crippen LogP contribution in [0.3, 0.4) is 0 Å². The number of benzene rings is 1. The van der Waals surface area contributed by atoms with Crippen LogP contribution >= 0.6 is 11.8 Å². The molecule has 1 aliphatic rings. The molecule has 3 nitrogen and oxygen atoms in total. The van der Waals surface area contributed by atoms with Crippen LogP contribution in [0.4, 0.5) is 0 Å².